The third-order valence-corrected chi connectivity index (χ3v) is 3.37. The van der Waals surface area contributed by atoms with Crippen LogP contribution in [-0.4, -0.2) is 18.5 Å². The van der Waals surface area contributed by atoms with E-state index < -0.39 is 0 Å². The van der Waals surface area contributed by atoms with Crippen molar-refractivity contribution >= 4 is 5.91 Å². The lowest BCUT2D eigenvalue weighted by Gasteiger charge is -2.27. The van der Waals surface area contributed by atoms with Crippen LogP contribution in [0.25, 0.3) is 0 Å². The van der Waals surface area contributed by atoms with Crippen LogP contribution >= 0.6 is 0 Å². The van der Waals surface area contributed by atoms with E-state index in [-0.39, 0.29) is 18.0 Å². The van der Waals surface area contributed by atoms with Crippen LogP contribution in [0.1, 0.15) is 37.4 Å². The van der Waals surface area contributed by atoms with Crippen molar-refractivity contribution in [3.05, 3.63) is 35.4 Å². The molecule has 17 heavy (non-hydrogen) atoms. The fourth-order valence-electron chi connectivity index (χ4n) is 2.17. The average molecular weight is 232 g/mol. The fraction of sp³-hybridized carbons (Fsp3) is 0.500. The Kier molecular flexibility index (Phi) is 3.79. The van der Waals surface area contributed by atoms with E-state index in [0.29, 0.717) is 0 Å². The van der Waals surface area contributed by atoms with Crippen LogP contribution in [0.3, 0.4) is 0 Å². The van der Waals surface area contributed by atoms with Crippen LogP contribution in [0.15, 0.2) is 24.3 Å². The summed E-state index contributed by atoms with van der Waals surface area (Å²) in [4.78, 5) is 12.2. The summed E-state index contributed by atoms with van der Waals surface area (Å²) in [5, 5.41) is 6.33. The molecular weight excluding hydrogens is 212 g/mol. The third kappa shape index (κ3) is 2.67. The van der Waals surface area contributed by atoms with Crippen molar-refractivity contribution in [2.75, 3.05) is 6.54 Å². The van der Waals surface area contributed by atoms with Gasteiger partial charge in [0.1, 0.15) is 6.04 Å². The first-order valence-electron chi connectivity index (χ1n) is 6.34. The summed E-state index contributed by atoms with van der Waals surface area (Å²) in [5.74, 6) is 0.0894. The highest BCUT2D eigenvalue weighted by atomic mass is 16.2. The van der Waals surface area contributed by atoms with Gasteiger partial charge in [-0.3, -0.25) is 4.79 Å². The van der Waals surface area contributed by atoms with Crippen molar-refractivity contribution in [1.29, 1.82) is 0 Å². The summed E-state index contributed by atoms with van der Waals surface area (Å²) in [6, 6.07) is 8.23. The Labute approximate surface area is 103 Å². The molecule has 1 aromatic rings. The molecule has 3 heteroatoms. The second-order valence-electron chi connectivity index (χ2n) is 4.65. The van der Waals surface area contributed by atoms with Crippen LogP contribution in [0.5, 0.6) is 0 Å². The van der Waals surface area contributed by atoms with Crippen LogP contribution < -0.4 is 10.6 Å². The van der Waals surface area contributed by atoms with Crippen molar-refractivity contribution in [2.45, 2.75) is 38.8 Å². The molecule has 1 aliphatic heterocycles. The van der Waals surface area contributed by atoms with Gasteiger partial charge in [-0.15, -0.1) is 0 Å². The van der Waals surface area contributed by atoms with Gasteiger partial charge in [0.2, 0.25) is 5.91 Å². The molecule has 0 fully saturated rings. The van der Waals surface area contributed by atoms with E-state index in [1.165, 1.54) is 5.56 Å². The summed E-state index contributed by atoms with van der Waals surface area (Å²) >= 11 is 0. The van der Waals surface area contributed by atoms with Gasteiger partial charge >= 0.3 is 0 Å². The first-order chi connectivity index (χ1) is 8.22. The first-order valence-corrected chi connectivity index (χ1v) is 6.34. The summed E-state index contributed by atoms with van der Waals surface area (Å²) < 4.78 is 0. The molecule has 0 radical (unpaired) electrons. The van der Waals surface area contributed by atoms with Gasteiger partial charge in [-0.2, -0.15) is 0 Å². The van der Waals surface area contributed by atoms with Gasteiger partial charge in [0.05, 0.1) is 0 Å². The number of hydrogen-bond acceptors (Lipinski definition) is 2. The Morgan fingerprint density at radius 2 is 2.29 bits per heavy atom. The van der Waals surface area contributed by atoms with Gasteiger partial charge in [0.15, 0.2) is 0 Å². The minimum absolute atomic E-state index is 0.0894. The molecule has 0 aromatic heterocycles. The highest BCUT2D eigenvalue weighted by Crippen LogP contribution is 2.22. The summed E-state index contributed by atoms with van der Waals surface area (Å²) in [7, 11) is 0. The lowest BCUT2D eigenvalue weighted by atomic mass is 9.94. The zero-order chi connectivity index (χ0) is 12.3. The number of benzene rings is 1. The molecule has 2 atom stereocenters. The number of rotatable bonds is 3. The minimum Gasteiger partial charge on any atom is -0.352 e. The molecule has 1 aliphatic rings. The molecule has 92 valence electrons. The Hall–Kier alpha value is -1.35. The van der Waals surface area contributed by atoms with Crippen molar-refractivity contribution in [3.8, 4) is 0 Å². The molecule has 0 spiro atoms. The molecule has 1 amide bonds. The van der Waals surface area contributed by atoms with Gasteiger partial charge in [0, 0.05) is 12.6 Å². The molecule has 2 rings (SSSR count). The standard InChI is InChI=1S/C14H20N2O/c1-3-10(2)16-14(17)13-12-7-5-4-6-11(12)8-9-15-13/h4-7,10,13,15H,3,8-9H2,1-2H3,(H,16,17). The predicted molar refractivity (Wildman–Crippen MR) is 68.8 cm³/mol. The van der Waals surface area contributed by atoms with Crippen molar-refractivity contribution in [2.24, 2.45) is 0 Å². The van der Waals surface area contributed by atoms with Gasteiger partial charge in [-0.1, -0.05) is 31.2 Å². The SMILES string of the molecule is CCC(C)NC(=O)C1NCCc2ccccc21. The summed E-state index contributed by atoms with van der Waals surface area (Å²) in [6.45, 7) is 4.98. The van der Waals surface area contributed by atoms with Crippen molar-refractivity contribution < 1.29 is 4.79 Å². The second kappa shape index (κ2) is 5.32. The summed E-state index contributed by atoms with van der Waals surface area (Å²) in [5.41, 5.74) is 2.41. The Morgan fingerprint density at radius 1 is 1.53 bits per heavy atom. The van der Waals surface area contributed by atoms with Gasteiger partial charge < -0.3 is 10.6 Å². The molecule has 0 aliphatic carbocycles. The van der Waals surface area contributed by atoms with Crippen molar-refractivity contribution in [3.63, 3.8) is 0 Å². The minimum atomic E-state index is -0.186. The fourth-order valence-corrected chi connectivity index (χ4v) is 2.17. The van der Waals surface area contributed by atoms with Crippen LogP contribution in [-0.2, 0) is 11.2 Å². The lowest BCUT2D eigenvalue weighted by Crippen LogP contribution is -2.44. The topological polar surface area (TPSA) is 41.1 Å². The zero-order valence-electron chi connectivity index (χ0n) is 10.5. The Balaban J connectivity index is 2.15. The van der Waals surface area contributed by atoms with Crippen LogP contribution in [0, 0.1) is 0 Å². The van der Waals surface area contributed by atoms with E-state index in [1.54, 1.807) is 0 Å². The molecule has 1 heterocycles. The van der Waals surface area contributed by atoms with E-state index in [9.17, 15) is 4.79 Å². The highest BCUT2D eigenvalue weighted by Gasteiger charge is 2.25. The van der Waals surface area contributed by atoms with Gasteiger partial charge in [-0.05, 0) is 30.9 Å². The maximum atomic E-state index is 12.2. The van der Waals surface area contributed by atoms with Crippen LogP contribution in [0.2, 0.25) is 0 Å². The van der Waals surface area contributed by atoms with Crippen molar-refractivity contribution in [1.82, 2.24) is 10.6 Å². The molecule has 2 unspecified atom stereocenters. The lowest BCUT2D eigenvalue weighted by molar-refractivity contribution is -0.124. The molecule has 0 saturated heterocycles. The largest absolute Gasteiger partial charge is 0.352 e. The summed E-state index contributed by atoms with van der Waals surface area (Å²) in [6.07, 6.45) is 1.96. The predicted octanol–water partition coefficient (Wildman–Crippen LogP) is 1.79. The Morgan fingerprint density at radius 3 is 3.06 bits per heavy atom. The molecule has 3 nitrogen and oxygen atoms in total. The first kappa shape index (κ1) is 12.1. The van der Waals surface area contributed by atoms with E-state index in [4.69, 9.17) is 0 Å². The highest BCUT2D eigenvalue weighted by molar-refractivity contribution is 5.84. The number of amides is 1. The number of carbonyl (C=O) groups excluding carboxylic acids is 1. The van der Waals surface area contributed by atoms with E-state index >= 15 is 0 Å². The quantitative estimate of drug-likeness (QED) is 0.834. The second-order valence-corrected chi connectivity index (χ2v) is 4.65. The van der Waals surface area contributed by atoms with Gasteiger partial charge in [0.25, 0.3) is 0 Å². The number of nitrogens with one attached hydrogen (secondary N) is 2. The molecule has 0 saturated carbocycles. The average Bonchev–Trinajstić information content (AvgIpc) is 2.37. The zero-order valence-corrected chi connectivity index (χ0v) is 10.5. The van der Waals surface area contributed by atoms with E-state index in [0.717, 1.165) is 24.9 Å². The molecule has 0 bridgehead atoms. The third-order valence-electron chi connectivity index (χ3n) is 3.37. The maximum Gasteiger partial charge on any atom is 0.241 e. The number of hydrogen-bond donors (Lipinski definition) is 2. The van der Waals surface area contributed by atoms with E-state index in [2.05, 4.69) is 23.6 Å². The van der Waals surface area contributed by atoms with E-state index in [1.807, 2.05) is 25.1 Å². The number of fused-ring (bicyclic) bond motifs is 1. The normalized spacial score (nSPS) is 20.5. The van der Waals surface area contributed by atoms with Crippen LogP contribution in [0.4, 0.5) is 0 Å². The van der Waals surface area contributed by atoms with Gasteiger partial charge in [-0.25, -0.2) is 0 Å². The molecular formula is C14H20N2O. The smallest absolute Gasteiger partial charge is 0.241 e. The Bertz CT molecular complexity index is 403. The maximum absolute atomic E-state index is 12.2. The molecule has 1 aromatic carbocycles. The monoisotopic (exact) mass is 232 g/mol. The number of carbonyl (C=O) groups is 1. The molecule has 2 N–H and O–H groups in total.